The van der Waals surface area contributed by atoms with Gasteiger partial charge in [0, 0.05) is 36.8 Å². The van der Waals surface area contributed by atoms with Crippen molar-refractivity contribution in [3.8, 4) is 0 Å². The minimum Gasteiger partial charge on any atom is -0.341 e. The van der Waals surface area contributed by atoms with Crippen LogP contribution < -0.4 is 0 Å². The van der Waals surface area contributed by atoms with Crippen LogP contribution in [0.4, 0.5) is 0 Å². The van der Waals surface area contributed by atoms with Crippen molar-refractivity contribution in [2.75, 3.05) is 0 Å². The standard InChI is InChI=1S/C4H6N2.Al.ClH/c1-6-3-2-5-4-6;;/h2-4H,1H3;;1H. The smallest absolute Gasteiger partial charge is 0.0943 e. The highest BCUT2D eigenvalue weighted by Crippen LogP contribution is 1.73. The summed E-state index contributed by atoms with van der Waals surface area (Å²) >= 11 is 0. The maximum atomic E-state index is 3.78. The number of hydrogen-bond acceptors (Lipinski definition) is 1. The second-order valence-electron chi connectivity index (χ2n) is 1.23. The Labute approximate surface area is 65.5 Å². The molecule has 0 amide bonds. The van der Waals surface area contributed by atoms with Crippen LogP contribution >= 0.6 is 12.4 Å². The van der Waals surface area contributed by atoms with E-state index in [1.807, 2.05) is 17.8 Å². The molecule has 1 aromatic rings. The number of rotatable bonds is 0. The van der Waals surface area contributed by atoms with E-state index in [1.165, 1.54) is 0 Å². The SMILES string of the molecule is Cl.Cn1ccnc1.[Al]. The van der Waals surface area contributed by atoms with Crippen molar-refractivity contribution < 1.29 is 0 Å². The fraction of sp³-hybridized carbons (Fsp3) is 0.250. The van der Waals surface area contributed by atoms with Gasteiger partial charge in [0.15, 0.2) is 0 Å². The van der Waals surface area contributed by atoms with Gasteiger partial charge in [0.1, 0.15) is 0 Å². The Morgan fingerprint density at radius 2 is 2.12 bits per heavy atom. The Hall–Kier alpha value is 0.0325. The number of hydrogen-bond donors (Lipinski definition) is 0. The number of aromatic nitrogens is 2. The fourth-order valence-electron chi connectivity index (χ4n) is 0.326. The van der Waals surface area contributed by atoms with Crippen molar-refractivity contribution in [1.82, 2.24) is 9.55 Å². The van der Waals surface area contributed by atoms with Crippen LogP contribution in [0.2, 0.25) is 0 Å². The van der Waals surface area contributed by atoms with E-state index in [1.54, 1.807) is 12.5 Å². The van der Waals surface area contributed by atoms with Gasteiger partial charge in [0.25, 0.3) is 0 Å². The lowest BCUT2D eigenvalue weighted by Crippen LogP contribution is -1.76. The van der Waals surface area contributed by atoms with Crippen LogP contribution in [-0.4, -0.2) is 26.9 Å². The predicted molar refractivity (Wildman–Crippen MR) is 36.2 cm³/mol. The van der Waals surface area contributed by atoms with Crippen molar-refractivity contribution in [2.45, 2.75) is 0 Å². The summed E-state index contributed by atoms with van der Waals surface area (Å²) in [5.41, 5.74) is 0. The molecule has 0 saturated carbocycles. The molecule has 2 nitrogen and oxygen atoms in total. The number of imidazole rings is 1. The third-order valence-corrected chi connectivity index (χ3v) is 0.637. The summed E-state index contributed by atoms with van der Waals surface area (Å²) in [4.78, 5) is 3.78. The third-order valence-electron chi connectivity index (χ3n) is 0.637. The van der Waals surface area contributed by atoms with E-state index in [0.717, 1.165) is 0 Å². The highest BCUT2D eigenvalue weighted by molar-refractivity contribution is 5.85. The van der Waals surface area contributed by atoms with E-state index >= 15 is 0 Å². The second-order valence-corrected chi connectivity index (χ2v) is 1.23. The molecule has 0 bridgehead atoms. The van der Waals surface area contributed by atoms with Gasteiger partial charge in [-0.15, -0.1) is 12.4 Å². The molecule has 8 heavy (non-hydrogen) atoms. The molecule has 1 heterocycles. The lowest BCUT2D eigenvalue weighted by molar-refractivity contribution is 0.913. The van der Waals surface area contributed by atoms with Crippen LogP contribution in [-0.2, 0) is 7.05 Å². The maximum Gasteiger partial charge on any atom is 0.0943 e. The molecule has 4 heteroatoms. The molecule has 0 aliphatic rings. The Bertz CT molecular complexity index is 118. The van der Waals surface area contributed by atoms with Gasteiger partial charge in [-0.25, -0.2) is 4.98 Å². The first-order valence-electron chi connectivity index (χ1n) is 1.81. The fourth-order valence-corrected chi connectivity index (χ4v) is 0.326. The van der Waals surface area contributed by atoms with Crippen LogP contribution in [0.3, 0.4) is 0 Å². The lowest BCUT2D eigenvalue weighted by atomic mass is 10.9. The normalized spacial score (nSPS) is 6.62. The highest BCUT2D eigenvalue weighted by Gasteiger charge is 1.69. The van der Waals surface area contributed by atoms with Gasteiger partial charge < -0.3 is 4.57 Å². The zero-order chi connectivity index (χ0) is 4.41. The van der Waals surface area contributed by atoms with Crippen LogP contribution in [0.15, 0.2) is 18.7 Å². The molecule has 0 fully saturated rings. The van der Waals surface area contributed by atoms with Gasteiger partial charge in [0.2, 0.25) is 0 Å². The summed E-state index contributed by atoms with van der Waals surface area (Å²) in [6, 6.07) is 0. The third kappa shape index (κ3) is 3.09. The summed E-state index contributed by atoms with van der Waals surface area (Å²) < 4.78 is 1.89. The van der Waals surface area contributed by atoms with E-state index in [-0.39, 0.29) is 29.8 Å². The van der Waals surface area contributed by atoms with Crippen LogP contribution in [0.5, 0.6) is 0 Å². The Kier molecular flexibility index (Phi) is 7.06. The Morgan fingerprint density at radius 3 is 2.25 bits per heavy atom. The van der Waals surface area contributed by atoms with Crippen molar-refractivity contribution in [3.05, 3.63) is 18.7 Å². The minimum absolute atomic E-state index is 0. The number of nitrogens with zero attached hydrogens (tertiary/aromatic N) is 2. The number of aryl methyl sites for hydroxylation is 1. The monoisotopic (exact) mass is 145 g/mol. The first-order valence-corrected chi connectivity index (χ1v) is 1.81. The zero-order valence-corrected chi connectivity index (χ0v) is 6.58. The summed E-state index contributed by atoms with van der Waals surface area (Å²) in [6.07, 6.45) is 5.39. The molecule has 0 aliphatic carbocycles. The lowest BCUT2D eigenvalue weighted by Gasteiger charge is -1.76. The van der Waals surface area contributed by atoms with Crippen LogP contribution in [0, 0.1) is 0 Å². The summed E-state index contributed by atoms with van der Waals surface area (Å²) in [5, 5.41) is 0. The first-order chi connectivity index (χ1) is 2.89. The Morgan fingerprint density at radius 1 is 1.50 bits per heavy atom. The molecule has 3 radical (unpaired) electrons. The van der Waals surface area contributed by atoms with E-state index < -0.39 is 0 Å². The van der Waals surface area contributed by atoms with Crippen molar-refractivity contribution in [3.63, 3.8) is 0 Å². The summed E-state index contributed by atoms with van der Waals surface area (Å²) in [7, 11) is 1.94. The van der Waals surface area contributed by atoms with Gasteiger partial charge in [-0.1, -0.05) is 0 Å². The van der Waals surface area contributed by atoms with Crippen molar-refractivity contribution in [1.29, 1.82) is 0 Å². The van der Waals surface area contributed by atoms with Crippen molar-refractivity contribution in [2.24, 2.45) is 7.05 Å². The second kappa shape index (κ2) is 5.17. The molecule has 43 valence electrons. The van der Waals surface area contributed by atoms with E-state index in [0.29, 0.717) is 0 Å². The topological polar surface area (TPSA) is 17.8 Å². The maximum absolute atomic E-state index is 3.78. The largest absolute Gasteiger partial charge is 0.341 e. The van der Waals surface area contributed by atoms with Gasteiger partial charge >= 0.3 is 0 Å². The highest BCUT2D eigenvalue weighted by atomic mass is 35.5. The molecule has 0 aliphatic heterocycles. The molecular weight excluding hydrogens is 138 g/mol. The van der Waals surface area contributed by atoms with Crippen molar-refractivity contribution >= 4 is 29.8 Å². The minimum atomic E-state index is 0. The summed E-state index contributed by atoms with van der Waals surface area (Å²) in [5.74, 6) is 0. The van der Waals surface area contributed by atoms with Gasteiger partial charge in [0.05, 0.1) is 6.33 Å². The van der Waals surface area contributed by atoms with Gasteiger partial charge in [-0.3, -0.25) is 0 Å². The van der Waals surface area contributed by atoms with Gasteiger partial charge in [-0.2, -0.15) is 0 Å². The molecule has 1 aromatic heterocycles. The molecule has 0 atom stereocenters. The quantitative estimate of drug-likeness (QED) is 0.485. The zero-order valence-electron chi connectivity index (χ0n) is 4.61. The average Bonchev–Trinajstić information content (AvgIpc) is 1.86. The molecule has 0 saturated heterocycles. The van der Waals surface area contributed by atoms with Crippen LogP contribution in [0.25, 0.3) is 0 Å². The first kappa shape index (κ1) is 10.9. The molecule has 0 aromatic carbocycles. The molecule has 0 spiro atoms. The van der Waals surface area contributed by atoms with Gasteiger partial charge in [-0.05, 0) is 0 Å². The average molecular weight is 146 g/mol. The van der Waals surface area contributed by atoms with Crippen LogP contribution in [0.1, 0.15) is 0 Å². The number of halogens is 1. The van der Waals surface area contributed by atoms with E-state index in [4.69, 9.17) is 0 Å². The van der Waals surface area contributed by atoms with E-state index in [2.05, 4.69) is 4.98 Å². The molecular formula is C4H7AlClN2. The molecule has 0 N–H and O–H groups in total. The summed E-state index contributed by atoms with van der Waals surface area (Å²) in [6.45, 7) is 0. The van der Waals surface area contributed by atoms with E-state index in [9.17, 15) is 0 Å². The molecule has 1 rings (SSSR count). The molecule has 0 unspecified atom stereocenters. The Balaban J connectivity index is 0. The predicted octanol–water partition coefficient (Wildman–Crippen LogP) is 0.461.